The van der Waals surface area contributed by atoms with Crippen LogP contribution in [0, 0.1) is 5.82 Å². The average molecular weight is 307 g/mol. The Kier molecular flexibility index (Phi) is 3.68. The number of rotatable bonds is 4. The van der Waals surface area contributed by atoms with Gasteiger partial charge in [-0.3, -0.25) is 4.68 Å². The fraction of sp³-hybridized carbons (Fsp3) is 0.333. The Labute approximate surface area is 127 Å². The molecule has 2 heterocycles. The maximum absolute atomic E-state index is 13.6. The number of nitrogens with zero attached hydrogens (tertiary/aromatic N) is 4. The van der Waals surface area contributed by atoms with Gasteiger partial charge in [-0.05, 0) is 38.1 Å². The van der Waals surface area contributed by atoms with Crippen molar-refractivity contribution in [1.82, 2.24) is 19.3 Å². The lowest BCUT2D eigenvalue weighted by atomic mass is 10.2. The number of hydrogen-bond acceptors (Lipinski definition) is 2. The van der Waals surface area contributed by atoms with Gasteiger partial charge in [-0.2, -0.15) is 5.10 Å². The summed E-state index contributed by atoms with van der Waals surface area (Å²) in [7, 11) is 0. The normalized spacial score (nSPS) is 14.5. The van der Waals surface area contributed by atoms with Gasteiger partial charge in [0.1, 0.15) is 11.6 Å². The topological polar surface area (TPSA) is 35.6 Å². The molecule has 4 nitrogen and oxygen atoms in total. The monoisotopic (exact) mass is 306 g/mol. The maximum atomic E-state index is 13.6. The van der Waals surface area contributed by atoms with E-state index in [4.69, 9.17) is 11.6 Å². The van der Waals surface area contributed by atoms with Crippen LogP contribution in [0.1, 0.15) is 31.1 Å². The molecule has 3 rings (SSSR count). The Morgan fingerprint density at radius 3 is 2.81 bits per heavy atom. The van der Waals surface area contributed by atoms with Crippen molar-refractivity contribution < 1.29 is 4.39 Å². The van der Waals surface area contributed by atoms with Crippen molar-refractivity contribution in [3.05, 3.63) is 48.3 Å². The molecule has 0 aliphatic heterocycles. The lowest BCUT2D eigenvalue weighted by Gasteiger charge is -2.18. The summed E-state index contributed by atoms with van der Waals surface area (Å²) in [4.78, 5) is 4.54. The Balaban J connectivity index is 2.09. The summed E-state index contributed by atoms with van der Waals surface area (Å²) in [6.07, 6.45) is 3.64. The van der Waals surface area contributed by atoms with Gasteiger partial charge in [0.15, 0.2) is 0 Å². The summed E-state index contributed by atoms with van der Waals surface area (Å²) in [5, 5.41) is 3.96. The van der Waals surface area contributed by atoms with Gasteiger partial charge in [-0.25, -0.2) is 9.37 Å². The van der Waals surface area contributed by atoms with Gasteiger partial charge in [-0.15, -0.1) is 11.6 Å². The number of fused-ring (bicyclic) bond motifs is 1. The molecule has 0 N–H and O–H groups in total. The van der Waals surface area contributed by atoms with Crippen molar-refractivity contribution in [2.45, 2.75) is 31.8 Å². The van der Waals surface area contributed by atoms with Crippen LogP contribution in [0.3, 0.4) is 0 Å². The zero-order valence-corrected chi connectivity index (χ0v) is 12.6. The van der Waals surface area contributed by atoms with Gasteiger partial charge < -0.3 is 4.57 Å². The zero-order valence-electron chi connectivity index (χ0n) is 11.9. The summed E-state index contributed by atoms with van der Waals surface area (Å²) >= 11 is 6.25. The van der Waals surface area contributed by atoms with Crippen LogP contribution in [0.2, 0.25) is 0 Å². The van der Waals surface area contributed by atoms with E-state index in [1.54, 1.807) is 12.3 Å². The molecule has 0 saturated heterocycles. The van der Waals surface area contributed by atoms with E-state index in [1.807, 2.05) is 28.4 Å². The van der Waals surface area contributed by atoms with E-state index in [9.17, 15) is 4.39 Å². The molecule has 0 amide bonds. The molecule has 0 aliphatic rings. The second kappa shape index (κ2) is 5.48. The highest BCUT2D eigenvalue weighted by Gasteiger charge is 2.19. The summed E-state index contributed by atoms with van der Waals surface area (Å²) in [6, 6.07) is 6.55. The Morgan fingerprint density at radius 1 is 1.33 bits per heavy atom. The highest BCUT2D eigenvalue weighted by Crippen LogP contribution is 2.29. The van der Waals surface area contributed by atoms with Crippen molar-refractivity contribution >= 4 is 22.6 Å². The highest BCUT2D eigenvalue weighted by molar-refractivity contribution is 6.20. The van der Waals surface area contributed by atoms with Crippen molar-refractivity contribution in [3.63, 3.8) is 0 Å². The molecular formula is C15H16ClFN4. The minimum Gasteiger partial charge on any atom is -0.322 e. The summed E-state index contributed by atoms with van der Waals surface area (Å²) in [5.74, 6) is 0.473. The molecule has 110 valence electrons. The van der Waals surface area contributed by atoms with Crippen molar-refractivity contribution in [2.75, 3.05) is 0 Å². The van der Waals surface area contributed by atoms with Gasteiger partial charge in [0.05, 0.1) is 29.0 Å². The van der Waals surface area contributed by atoms with E-state index >= 15 is 0 Å². The first-order chi connectivity index (χ1) is 10.1. The SMILES string of the molecule is CC(Cl)c1nc2ccc(F)cc2n1C(C)Cn1cccn1. The van der Waals surface area contributed by atoms with Gasteiger partial charge in [-0.1, -0.05) is 0 Å². The number of alkyl halides is 1. The molecule has 0 aliphatic carbocycles. The van der Waals surface area contributed by atoms with Crippen LogP contribution in [0.4, 0.5) is 4.39 Å². The molecule has 0 bridgehead atoms. The van der Waals surface area contributed by atoms with Crippen molar-refractivity contribution in [3.8, 4) is 0 Å². The molecule has 0 spiro atoms. The zero-order chi connectivity index (χ0) is 15.0. The molecule has 21 heavy (non-hydrogen) atoms. The molecule has 3 aromatic rings. The van der Waals surface area contributed by atoms with Crippen LogP contribution in [0.15, 0.2) is 36.7 Å². The van der Waals surface area contributed by atoms with Crippen molar-refractivity contribution in [1.29, 1.82) is 0 Å². The predicted molar refractivity (Wildman–Crippen MR) is 80.9 cm³/mol. The fourth-order valence-electron chi connectivity index (χ4n) is 2.59. The Morgan fingerprint density at radius 2 is 2.14 bits per heavy atom. The molecule has 0 fully saturated rings. The largest absolute Gasteiger partial charge is 0.322 e. The number of imidazole rings is 1. The predicted octanol–water partition coefficient (Wildman–Crippen LogP) is 3.93. The minimum absolute atomic E-state index is 0.0629. The molecule has 0 radical (unpaired) electrons. The highest BCUT2D eigenvalue weighted by atomic mass is 35.5. The standard InChI is InChI=1S/C15H16ClFN4/c1-10(9-20-7-3-6-18-20)21-14-8-12(17)4-5-13(14)19-15(21)11(2)16/h3-8,10-11H,9H2,1-2H3. The molecule has 2 unspecified atom stereocenters. The second-order valence-electron chi connectivity index (χ2n) is 5.17. The lowest BCUT2D eigenvalue weighted by molar-refractivity contribution is 0.434. The van der Waals surface area contributed by atoms with Gasteiger partial charge in [0.2, 0.25) is 0 Å². The summed E-state index contributed by atoms with van der Waals surface area (Å²) in [5.41, 5.74) is 1.52. The van der Waals surface area contributed by atoms with E-state index < -0.39 is 0 Å². The third kappa shape index (κ3) is 2.65. The van der Waals surface area contributed by atoms with Gasteiger partial charge in [0, 0.05) is 12.4 Å². The van der Waals surface area contributed by atoms with E-state index in [1.165, 1.54) is 12.1 Å². The average Bonchev–Trinajstić information content (AvgIpc) is 3.04. The number of aromatic nitrogens is 4. The maximum Gasteiger partial charge on any atom is 0.128 e. The Bertz CT molecular complexity index is 748. The number of halogens is 2. The van der Waals surface area contributed by atoms with Crippen LogP contribution in [-0.4, -0.2) is 19.3 Å². The molecular weight excluding hydrogens is 291 g/mol. The number of hydrogen-bond donors (Lipinski definition) is 0. The first-order valence-electron chi connectivity index (χ1n) is 6.85. The first-order valence-corrected chi connectivity index (χ1v) is 7.29. The number of benzene rings is 1. The quantitative estimate of drug-likeness (QED) is 0.685. The van der Waals surface area contributed by atoms with Crippen LogP contribution >= 0.6 is 11.6 Å². The summed E-state index contributed by atoms with van der Waals surface area (Å²) < 4.78 is 17.4. The molecule has 2 atom stereocenters. The molecule has 2 aromatic heterocycles. The van der Waals surface area contributed by atoms with E-state index in [-0.39, 0.29) is 17.2 Å². The van der Waals surface area contributed by atoms with Crippen LogP contribution < -0.4 is 0 Å². The van der Waals surface area contributed by atoms with Crippen LogP contribution in [0.25, 0.3) is 11.0 Å². The molecule has 1 aromatic carbocycles. The van der Waals surface area contributed by atoms with E-state index in [0.29, 0.717) is 6.54 Å². The van der Waals surface area contributed by atoms with Gasteiger partial charge >= 0.3 is 0 Å². The van der Waals surface area contributed by atoms with Crippen LogP contribution in [-0.2, 0) is 6.54 Å². The van der Waals surface area contributed by atoms with Crippen LogP contribution in [0.5, 0.6) is 0 Å². The Hall–Kier alpha value is -1.88. The van der Waals surface area contributed by atoms with E-state index in [0.717, 1.165) is 16.9 Å². The van der Waals surface area contributed by atoms with Crippen molar-refractivity contribution in [2.24, 2.45) is 0 Å². The third-order valence-corrected chi connectivity index (χ3v) is 3.68. The van der Waals surface area contributed by atoms with E-state index in [2.05, 4.69) is 17.0 Å². The minimum atomic E-state index is -0.274. The molecule has 0 saturated carbocycles. The first kappa shape index (κ1) is 14.1. The second-order valence-corrected chi connectivity index (χ2v) is 5.82. The fourth-order valence-corrected chi connectivity index (χ4v) is 2.74. The van der Waals surface area contributed by atoms with Gasteiger partial charge in [0.25, 0.3) is 0 Å². The molecule has 6 heteroatoms. The smallest absolute Gasteiger partial charge is 0.128 e. The summed E-state index contributed by atoms with van der Waals surface area (Å²) in [6.45, 7) is 4.60. The third-order valence-electron chi connectivity index (χ3n) is 3.49. The lowest BCUT2D eigenvalue weighted by Crippen LogP contribution is -2.16.